The van der Waals surface area contributed by atoms with Crippen molar-refractivity contribution in [3.05, 3.63) is 0 Å². The Morgan fingerprint density at radius 1 is 0.494 bits per heavy atom. The van der Waals surface area contributed by atoms with E-state index in [0.29, 0.717) is 6.42 Å². The number of nitrogens with two attached hydrogens (primary N) is 3. The van der Waals surface area contributed by atoms with Gasteiger partial charge in [0, 0.05) is 18.6 Å². The maximum Gasteiger partial charge on any atom is 0.326 e. The van der Waals surface area contributed by atoms with Gasteiger partial charge in [-0.3, -0.25) is 71.9 Å². The van der Waals surface area contributed by atoms with Gasteiger partial charge in [-0.05, 0) is 76.3 Å². The minimum Gasteiger partial charge on any atom is -0.481 e. The van der Waals surface area contributed by atoms with Crippen LogP contribution in [0, 0.1) is 5.92 Å². The second-order valence-corrected chi connectivity index (χ2v) is 21.3. The van der Waals surface area contributed by atoms with Gasteiger partial charge in [0.2, 0.25) is 70.9 Å². The molecule has 0 aliphatic carbocycles. The molecule has 0 rings (SSSR count). The number of primary amides is 1. The van der Waals surface area contributed by atoms with Gasteiger partial charge < -0.3 is 106 Å². The lowest BCUT2D eigenvalue weighted by Gasteiger charge is -2.27. The summed E-state index contributed by atoms with van der Waals surface area (Å²) >= 11 is 5.21. The number of aliphatic carboxylic acids is 4. The number of thiol groups is 1. The molecule has 0 saturated heterocycles. The SMILES string of the molecule is CSCC[C@H](NC(=O)CNC(=O)[C@H](CCC(=O)O)NC(=O)[C@H](CO)NC(=O)[C@@H](NC(=O)[C@H](CCCCN)NC(=O)[C@@H](N)CC(N)=O)[C@@H](C)O)C(=O)N[C@@H](CC(=O)O)C(=O)NCC(=O)N[C@@H](CS)C(=O)N[C@@H](CCC(=O)O)C(=O)N[C@@H](CC(C)C)C(=O)O. The van der Waals surface area contributed by atoms with Crippen molar-refractivity contribution in [1.29, 1.82) is 0 Å². The van der Waals surface area contributed by atoms with Crippen molar-refractivity contribution in [2.45, 2.75) is 158 Å². The number of nitrogens with one attached hydrogen (secondary N) is 11. The Balaban J connectivity index is 6.13. The number of amides is 12. The highest BCUT2D eigenvalue weighted by molar-refractivity contribution is 7.98. The molecule has 11 atom stereocenters. The molecule has 0 heterocycles. The van der Waals surface area contributed by atoms with Crippen molar-refractivity contribution in [3.63, 3.8) is 0 Å². The fraction of sp³-hybridized carbons (Fsp3) is 0.673. The molecule has 0 unspecified atom stereocenters. The predicted octanol–water partition coefficient (Wildman–Crippen LogP) is -8.70. The molecule has 0 radical (unpaired) electrons. The average molecular weight is 1280 g/mol. The summed E-state index contributed by atoms with van der Waals surface area (Å²) < 4.78 is 0. The van der Waals surface area contributed by atoms with Crippen LogP contribution in [0.3, 0.4) is 0 Å². The van der Waals surface area contributed by atoms with Crippen LogP contribution >= 0.6 is 24.4 Å². The molecule has 87 heavy (non-hydrogen) atoms. The summed E-state index contributed by atoms with van der Waals surface area (Å²) in [5.41, 5.74) is 16.3. The van der Waals surface area contributed by atoms with E-state index in [4.69, 9.17) is 17.2 Å². The average Bonchev–Trinajstić information content (AvgIpc) is 3.58. The van der Waals surface area contributed by atoms with Crippen molar-refractivity contribution >= 4 is 119 Å². The van der Waals surface area contributed by atoms with E-state index < -0.39 is 225 Å². The molecule has 0 aliphatic heterocycles. The zero-order valence-corrected chi connectivity index (χ0v) is 50.0. The molecule has 0 aromatic carbocycles. The molecular formula is C49H82N14O22S2. The second kappa shape index (κ2) is 42.0. The topological polar surface area (TPSA) is 605 Å². The van der Waals surface area contributed by atoms with Gasteiger partial charge in [0.25, 0.3) is 0 Å². The first-order valence-electron chi connectivity index (χ1n) is 27.0. The van der Waals surface area contributed by atoms with Crippen LogP contribution in [-0.4, -0.2) is 236 Å². The predicted molar refractivity (Wildman–Crippen MR) is 307 cm³/mol. The molecule has 0 saturated carbocycles. The lowest BCUT2D eigenvalue weighted by Crippen LogP contribution is -2.61. The number of rotatable bonds is 45. The van der Waals surface area contributed by atoms with Crippen molar-refractivity contribution in [2.75, 3.05) is 44.0 Å². The zero-order valence-electron chi connectivity index (χ0n) is 48.3. The summed E-state index contributed by atoms with van der Waals surface area (Å²) in [6.45, 7) is 1.52. The minimum absolute atomic E-state index is 0.0132. The van der Waals surface area contributed by atoms with Crippen LogP contribution in [0.4, 0.5) is 0 Å². The van der Waals surface area contributed by atoms with Gasteiger partial charge in [0.15, 0.2) is 0 Å². The fourth-order valence-electron chi connectivity index (χ4n) is 7.47. The standard InChI is InChI=1S/C49H82N14O22S2/c1-22(2)15-30(49(84)85)61-43(78)27(9-11-37(71)72)59-47(82)32(21-86)56-35(68)19-54-42(77)29(17-38(73)74)60-44(79)28(12-14-87-4)55-34(67)18-53-41(76)26(8-10-36(69)70)58-46(81)31(20-64)62-48(83)39(23(3)65)63-45(80)25(7-5-6-13-50)57-40(75)24(51)16-33(52)66/h22-32,39,64-65,86H,5-21,50-51H2,1-4H3,(H2,52,66)(H,53,76)(H,54,77)(H,55,67)(H,56,68)(H,57,75)(H,58,81)(H,59,82)(H,60,79)(H,61,78)(H,62,83)(H,63,80)(H,69,70)(H,71,72)(H,73,74)(H,84,85)/t23-,24+,25+,26+,27+,28+,29+,30+,31+,32+,39+/m1/s1. The first-order valence-corrected chi connectivity index (χ1v) is 29.0. The number of hydrogen-bond donors (Lipinski definition) is 21. The molecule has 0 spiro atoms. The molecule has 36 nitrogen and oxygen atoms in total. The van der Waals surface area contributed by atoms with Gasteiger partial charge in [-0.15, -0.1) is 0 Å². The highest BCUT2D eigenvalue weighted by atomic mass is 32.2. The number of thioether (sulfide) groups is 1. The zero-order chi connectivity index (χ0) is 66.7. The van der Waals surface area contributed by atoms with Crippen molar-refractivity contribution in [3.8, 4) is 0 Å². The van der Waals surface area contributed by atoms with E-state index in [9.17, 15) is 107 Å². The molecule has 0 aromatic heterocycles. The molecule has 492 valence electrons. The largest absolute Gasteiger partial charge is 0.481 e. The highest BCUT2D eigenvalue weighted by Gasteiger charge is 2.36. The fourth-order valence-corrected chi connectivity index (χ4v) is 8.20. The first kappa shape index (κ1) is 79.1. The Bertz CT molecular complexity index is 2420. The van der Waals surface area contributed by atoms with E-state index in [1.165, 1.54) is 11.8 Å². The lowest BCUT2D eigenvalue weighted by molar-refractivity contribution is -0.143. The molecule has 12 amide bonds. The summed E-state index contributed by atoms with van der Waals surface area (Å²) in [5, 5.41) is 82.5. The van der Waals surface area contributed by atoms with Gasteiger partial charge in [0.05, 0.1) is 44.7 Å². The molecule has 0 bridgehead atoms. The minimum atomic E-state index is -1.95. The van der Waals surface area contributed by atoms with Gasteiger partial charge in [0.1, 0.15) is 54.4 Å². The monoisotopic (exact) mass is 1280 g/mol. The highest BCUT2D eigenvalue weighted by Crippen LogP contribution is 2.10. The van der Waals surface area contributed by atoms with Crippen LogP contribution in [0.25, 0.3) is 0 Å². The Morgan fingerprint density at radius 2 is 0.920 bits per heavy atom. The van der Waals surface area contributed by atoms with Crippen LogP contribution < -0.4 is 75.7 Å². The Labute approximate surface area is 508 Å². The molecule has 0 aliphatic rings. The van der Waals surface area contributed by atoms with E-state index >= 15 is 0 Å². The third-order valence-electron chi connectivity index (χ3n) is 12.1. The smallest absolute Gasteiger partial charge is 0.326 e. The quantitative estimate of drug-likeness (QED) is 0.0199. The van der Waals surface area contributed by atoms with Crippen LogP contribution in [0.1, 0.15) is 91.4 Å². The van der Waals surface area contributed by atoms with E-state index in [2.05, 4.69) is 71.1 Å². The first-order chi connectivity index (χ1) is 40.7. The van der Waals surface area contributed by atoms with Crippen LogP contribution in [0.2, 0.25) is 0 Å². The van der Waals surface area contributed by atoms with E-state index in [1.54, 1.807) is 20.1 Å². The molecule has 0 aromatic rings. The number of aliphatic hydroxyl groups excluding tert-OH is 2. The number of carboxylic acids is 4. The van der Waals surface area contributed by atoms with Gasteiger partial charge in [-0.2, -0.15) is 24.4 Å². The van der Waals surface area contributed by atoms with Crippen LogP contribution in [0.15, 0.2) is 0 Å². The number of aliphatic hydroxyl groups is 2. The molecule has 0 fully saturated rings. The summed E-state index contributed by atoms with van der Waals surface area (Å²) in [6.07, 6.45) is -3.91. The van der Waals surface area contributed by atoms with E-state index in [-0.39, 0.29) is 43.9 Å². The van der Waals surface area contributed by atoms with Gasteiger partial charge >= 0.3 is 23.9 Å². The Hall–Kier alpha value is -7.94. The second-order valence-electron chi connectivity index (χ2n) is 19.9. The molecular weight excluding hydrogens is 1200 g/mol. The number of carboxylic acid groups (broad SMARTS) is 4. The van der Waals surface area contributed by atoms with Crippen molar-refractivity contribution in [1.82, 2.24) is 58.5 Å². The lowest BCUT2D eigenvalue weighted by atomic mass is 10.0. The van der Waals surface area contributed by atoms with Crippen molar-refractivity contribution < 1.29 is 107 Å². The summed E-state index contributed by atoms with van der Waals surface area (Å²) in [7, 11) is 0. The maximum absolute atomic E-state index is 13.6. The maximum atomic E-state index is 13.6. The van der Waals surface area contributed by atoms with Gasteiger partial charge in [-0.1, -0.05) is 13.8 Å². The Kier molecular flexibility index (Phi) is 38.2. The van der Waals surface area contributed by atoms with E-state index in [0.717, 1.165) is 6.92 Å². The van der Waals surface area contributed by atoms with E-state index in [1.807, 2.05) is 0 Å². The summed E-state index contributed by atoms with van der Waals surface area (Å²) in [6, 6.07) is -16.5. The number of hydrogen-bond acceptors (Lipinski definition) is 22. The number of carbonyl (C=O) groups excluding carboxylic acids is 12. The third-order valence-corrected chi connectivity index (χ3v) is 13.1. The summed E-state index contributed by atoms with van der Waals surface area (Å²) in [4.78, 5) is 203. The number of carbonyl (C=O) groups is 16. The summed E-state index contributed by atoms with van der Waals surface area (Å²) in [5.74, 6) is -19.7. The molecule has 23 N–H and O–H groups in total. The third kappa shape index (κ3) is 33.0. The van der Waals surface area contributed by atoms with Crippen molar-refractivity contribution in [2.24, 2.45) is 23.1 Å². The Morgan fingerprint density at radius 3 is 1.37 bits per heavy atom. The molecule has 38 heteroatoms. The van der Waals surface area contributed by atoms with Crippen LogP contribution in [-0.2, 0) is 76.7 Å². The van der Waals surface area contributed by atoms with Gasteiger partial charge in [-0.25, -0.2) is 4.79 Å². The number of unbranched alkanes of at least 4 members (excludes halogenated alkanes) is 1. The van der Waals surface area contributed by atoms with Crippen LogP contribution in [0.5, 0.6) is 0 Å². The normalized spacial score (nSPS) is 14.7.